The zero-order valence-electron chi connectivity index (χ0n) is 15.0. The molecule has 2 aromatic heterocycles. The van der Waals surface area contributed by atoms with Gasteiger partial charge in [-0.15, -0.1) is 15.3 Å². The van der Waals surface area contributed by atoms with Crippen LogP contribution in [0.4, 0.5) is 20.3 Å². The summed E-state index contributed by atoms with van der Waals surface area (Å²) in [5, 5.41) is 14.5. The summed E-state index contributed by atoms with van der Waals surface area (Å²) < 4.78 is 32.6. The van der Waals surface area contributed by atoms with E-state index in [4.69, 9.17) is 4.74 Å². The van der Waals surface area contributed by atoms with Gasteiger partial charge in [-0.1, -0.05) is 30.3 Å². The molecule has 4 aromatic rings. The average molecular weight is 381 g/mol. The zero-order valence-corrected chi connectivity index (χ0v) is 15.0. The van der Waals surface area contributed by atoms with Crippen LogP contribution < -0.4 is 10.1 Å². The van der Waals surface area contributed by atoms with Gasteiger partial charge in [0.15, 0.2) is 11.5 Å². The molecule has 0 fully saturated rings. The van der Waals surface area contributed by atoms with Crippen LogP contribution in [0.3, 0.4) is 0 Å². The molecule has 4 rings (SSSR count). The first kappa shape index (κ1) is 17.8. The molecule has 28 heavy (non-hydrogen) atoms. The van der Waals surface area contributed by atoms with Gasteiger partial charge in [-0.05, 0) is 35.9 Å². The molecule has 0 bridgehead atoms. The van der Waals surface area contributed by atoms with Crippen molar-refractivity contribution in [2.45, 2.75) is 12.8 Å². The van der Waals surface area contributed by atoms with E-state index in [1.54, 1.807) is 19.2 Å². The summed E-state index contributed by atoms with van der Waals surface area (Å²) in [6.45, 7) is 0. The van der Waals surface area contributed by atoms with Crippen LogP contribution >= 0.6 is 0 Å². The molecule has 142 valence electrons. The van der Waals surface area contributed by atoms with E-state index in [0.29, 0.717) is 12.2 Å². The van der Waals surface area contributed by atoms with Crippen molar-refractivity contribution in [2.24, 2.45) is 0 Å². The number of nitrogens with zero attached hydrogens (tertiary/aromatic N) is 4. The van der Waals surface area contributed by atoms with Gasteiger partial charge in [-0.3, -0.25) is 0 Å². The van der Waals surface area contributed by atoms with E-state index in [1.807, 2.05) is 48.5 Å². The molecular weight excluding hydrogens is 364 g/mol. The molecular formula is C20H17F2N5O. The minimum absolute atomic E-state index is 0.264. The fourth-order valence-electron chi connectivity index (χ4n) is 2.97. The fourth-order valence-corrected chi connectivity index (χ4v) is 2.97. The Morgan fingerprint density at radius 1 is 1.04 bits per heavy atom. The van der Waals surface area contributed by atoms with Crippen molar-refractivity contribution < 1.29 is 13.5 Å². The van der Waals surface area contributed by atoms with Crippen molar-refractivity contribution in [3.63, 3.8) is 0 Å². The maximum Gasteiger partial charge on any atom is 0.299 e. The first-order chi connectivity index (χ1) is 13.6. The highest BCUT2D eigenvalue weighted by molar-refractivity contribution is 5.60. The maximum absolute atomic E-state index is 13.0. The van der Waals surface area contributed by atoms with E-state index in [-0.39, 0.29) is 5.65 Å². The van der Waals surface area contributed by atoms with Crippen LogP contribution in [-0.4, -0.2) is 26.9 Å². The van der Waals surface area contributed by atoms with Crippen LogP contribution in [0.5, 0.6) is 5.75 Å². The highest BCUT2D eigenvalue weighted by Gasteiger charge is 2.17. The summed E-state index contributed by atoms with van der Waals surface area (Å²) in [5.74, 6) is 0.694. The summed E-state index contributed by atoms with van der Waals surface area (Å²) >= 11 is 0. The molecule has 2 aromatic carbocycles. The van der Waals surface area contributed by atoms with Crippen molar-refractivity contribution in [1.82, 2.24) is 19.8 Å². The lowest BCUT2D eigenvalue weighted by molar-refractivity contribution is 0.137. The fraction of sp³-hybridized carbons (Fsp3) is 0.150. The molecule has 1 N–H and O–H groups in total. The second kappa shape index (κ2) is 7.59. The highest BCUT2D eigenvalue weighted by atomic mass is 19.3. The lowest BCUT2D eigenvalue weighted by atomic mass is 10.0. The molecule has 0 unspecified atom stereocenters. The number of anilines is 2. The second-order valence-electron chi connectivity index (χ2n) is 6.16. The quantitative estimate of drug-likeness (QED) is 0.536. The van der Waals surface area contributed by atoms with E-state index in [9.17, 15) is 8.78 Å². The van der Waals surface area contributed by atoms with Crippen LogP contribution in [0.15, 0.2) is 60.7 Å². The molecule has 0 radical (unpaired) electrons. The van der Waals surface area contributed by atoms with E-state index in [2.05, 4.69) is 20.6 Å². The minimum Gasteiger partial charge on any atom is -0.496 e. The molecule has 0 spiro atoms. The monoisotopic (exact) mass is 381 g/mol. The third kappa shape index (κ3) is 3.62. The Hall–Kier alpha value is -3.55. The smallest absolute Gasteiger partial charge is 0.299 e. The van der Waals surface area contributed by atoms with Gasteiger partial charge in [0, 0.05) is 17.7 Å². The molecule has 0 atom stereocenters. The van der Waals surface area contributed by atoms with Gasteiger partial charge in [0.25, 0.3) is 6.43 Å². The van der Waals surface area contributed by atoms with Crippen LogP contribution in [0.1, 0.15) is 23.4 Å². The topological polar surface area (TPSA) is 64.3 Å². The number of benzene rings is 2. The third-order valence-electron chi connectivity index (χ3n) is 4.27. The summed E-state index contributed by atoms with van der Waals surface area (Å²) in [6, 6.07) is 19.0. The number of nitrogens with one attached hydrogen (secondary N) is 1. The van der Waals surface area contributed by atoms with Crippen molar-refractivity contribution in [2.75, 3.05) is 12.4 Å². The number of halogens is 2. The number of fused-ring (bicyclic) bond motifs is 1. The summed E-state index contributed by atoms with van der Waals surface area (Å²) in [7, 11) is 1.63. The number of rotatable bonds is 6. The second-order valence-corrected chi connectivity index (χ2v) is 6.16. The normalized spacial score (nSPS) is 11.1. The number of aromatic nitrogens is 4. The summed E-state index contributed by atoms with van der Waals surface area (Å²) in [5.41, 5.74) is 3.19. The summed E-state index contributed by atoms with van der Waals surface area (Å²) in [6.07, 6.45) is -2.05. The molecule has 2 heterocycles. The van der Waals surface area contributed by atoms with Crippen LogP contribution in [-0.2, 0) is 6.42 Å². The van der Waals surface area contributed by atoms with Crippen molar-refractivity contribution >= 4 is 17.2 Å². The van der Waals surface area contributed by atoms with Crippen molar-refractivity contribution in [3.05, 3.63) is 77.6 Å². The number of hydrogen-bond donors (Lipinski definition) is 1. The van der Waals surface area contributed by atoms with E-state index in [1.165, 1.54) is 0 Å². The first-order valence-electron chi connectivity index (χ1n) is 8.62. The lowest BCUT2D eigenvalue weighted by Gasteiger charge is -2.12. The number of methoxy groups -OCH3 is 1. The number of hydrogen-bond acceptors (Lipinski definition) is 5. The Balaban J connectivity index is 1.63. The van der Waals surface area contributed by atoms with Gasteiger partial charge >= 0.3 is 0 Å². The third-order valence-corrected chi connectivity index (χ3v) is 4.27. The Labute approximate surface area is 159 Å². The summed E-state index contributed by atoms with van der Waals surface area (Å²) in [4.78, 5) is 0. The largest absolute Gasteiger partial charge is 0.496 e. The standard InChI is InChI=1S/C20H17F2N5O/c1-28-16-8-7-15(12-14(16)11-13-5-3-2-4-6-13)23-17-9-10-18-24-25-20(19(21)22)27(18)26-17/h2-10,12,19H,11H2,1H3,(H,23,26). The SMILES string of the molecule is COc1ccc(Nc2ccc3nnc(C(F)F)n3n2)cc1Cc1ccccc1. The Kier molecular flexibility index (Phi) is 4.84. The van der Waals surface area contributed by atoms with Crippen LogP contribution in [0.25, 0.3) is 5.65 Å². The van der Waals surface area contributed by atoms with E-state index in [0.717, 1.165) is 27.1 Å². The highest BCUT2D eigenvalue weighted by Crippen LogP contribution is 2.27. The molecule has 0 aliphatic rings. The zero-order chi connectivity index (χ0) is 19.5. The minimum atomic E-state index is -2.75. The number of ether oxygens (including phenoxy) is 1. The Bertz CT molecular complexity index is 1100. The van der Waals surface area contributed by atoms with Gasteiger partial charge in [0.05, 0.1) is 7.11 Å². The van der Waals surface area contributed by atoms with Gasteiger partial charge in [0.1, 0.15) is 5.75 Å². The van der Waals surface area contributed by atoms with Crippen molar-refractivity contribution in [3.8, 4) is 5.75 Å². The molecule has 0 saturated heterocycles. The molecule has 0 saturated carbocycles. The molecule has 0 amide bonds. The maximum atomic E-state index is 13.0. The predicted molar refractivity (Wildman–Crippen MR) is 101 cm³/mol. The van der Waals surface area contributed by atoms with Gasteiger partial charge in [-0.2, -0.15) is 4.52 Å². The average Bonchev–Trinajstić information content (AvgIpc) is 3.13. The lowest BCUT2D eigenvalue weighted by Crippen LogP contribution is -2.03. The van der Waals surface area contributed by atoms with Crippen LogP contribution in [0.2, 0.25) is 0 Å². The van der Waals surface area contributed by atoms with E-state index >= 15 is 0 Å². The molecule has 0 aliphatic carbocycles. The predicted octanol–water partition coefficient (Wildman–Crippen LogP) is 4.40. The first-order valence-corrected chi connectivity index (χ1v) is 8.62. The Morgan fingerprint density at radius 3 is 2.61 bits per heavy atom. The van der Waals surface area contributed by atoms with E-state index < -0.39 is 12.2 Å². The molecule has 0 aliphatic heterocycles. The Morgan fingerprint density at radius 2 is 1.86 bits per heavy atom. The van der Waals surface area contributed by atoms with Gasteiger partial charge < -0.3 is 10.1 Å². The van der Waals surface area contributed by atoms with Gasteiger partial charge in [0.2, 0.25) is 5.82 Å². The van der Waals surface area contributed by atoms with Gasteiger partial charge in [-0.25, -0.2) is 8.78 Å². The molecule has 8 heteroatoms. The molecule has 6 nitrogen and oxygen atoms in total. The van der Waals surface area contributed by atoms with Crippen LogP contribution in [0, 0.1) is 0 Å². The number of alkyl halides is 2. The van der Waals surface area contributed by atoms with Crippen molar-refractivity contribution in [1.29, 1.82) is 0 Å².